The molecule has 0 radical (unpaired) electrons. The second-order valence-corrected chi connectivity index (χ2v) is 4.15. The van der Waals surface area contributed by atoms with Gasteiger partial charge in [0.2, 0.25) is 5.91 Å². The van der Waals surface area contributed by atoms with Crippen molar-refractivity contribution in [3.8, 4) is 0 Å². The first-order valence-electron chi connectivity index (χ1n) is 5.22. The molecule has 2 N–H and O–H groups in total. The Kier molecular flexibility index (Phi) is 3.53. The van der Waals surface area contributed by atoms with Crippen LogP contribution in [0.3, 0.4) is 0 Å². The van der Waals surface area contributed by atoms with Gasteiger partial charge in [-0.25, -0.2) is 0 Å². The van der Waals surface area contributed by atoms with Crippen molar-refractivity contribution in [3.05, 3.63) is 23.0 Å². The average Bonchev–Trinajstić information content (AvgIpc) is 3.11. The zero-order chi connectivity index (χ0) is 12.3. The topological polar surface area (TPSA) is 84.0 Å². The minimum Gasteiger partial charge on any atom is -0.352 e. The SMILES string of the molecule is O=C(CNC(=O)c1ccc(Cl)nn1)NC1CC1. The van der Waals surface area contributed by atoms with Crippen LogP contribution in [0.1, 0.15) is 23.3 Å². The maximum atomic E-state index is 11.5. The summed E-state index contributed by atoms with van der Waals surface area (Å²) in [6.45, 7) is -0.0559. The first kappa shape index (κ1) is 11.8. The van der Waals surface area contributed by atoms with Gasteiger partial charge < -0.3 is 10.6 Å². The molecule has 1 fully saturated rings. The van der Waals surface area contributed by atoms with Crippen molar-refractivity contribution in [1.82, 2.24) is 20.8 Å². The minimum absolute atomic E-state index is 0.0559. The molecule has 0 atom stereocenters. The number of carbonyl (C=O) groups excluding carboxylic acids is 2. The van der Waals surface area contributed by atoms with Crippen LogP contribution in [0.5, 0.6) is 0 Å². The van der Waals surface area contributed by atoms with Gasteiger partial charge in [-0.2, -0.15) is 0 Å². The predicted octanol–water partition coefficient (Wildman–Crippen LogP) is 0.138. The highest BCUT2D eigenvalue weighted by molar-refractivity contribution is 6.29. The molecule has 0 spiro atoms. The van der Waals surface area contributed by atoms with Gasteiger partial charge in [-0.15, -0.1) is 10.2 Å². The zero-order valence-corrected chi connectivity index (χ0v) is 9.70. The molecule has 1 heterocycles. The van der Waals surface area contributed by atoms with E-state index >= 15 is 0 Å². The Balaban J connectivity index is 1.79. The number of nitrogens with zero attached hydrogens (tertiary/aromatic N) is 2. The molecule has 17 heavy (non-hydrogen) atoms. The quantitative estimate of drug-likeness (QED) is 0.801. The average molecular weight is 255 g/mol. The molecule has 0 aliphatic heterocycles. The third-order valence-electron chi connectivity index (χ3n) is 2.22. The van der Waals surface area contributed by atoms with Crippen molar-refractivity contribution < 1.29 is 9.59 Å². The Morgan fingerprint density at radius 1 is 1.35 bits per heavy atom. The molecular formula is C10H11ClN4O2. The second-order valence-electron chi connectivity index (χ2n) is 3.77. The molecule has 1 aromatic heterocycles. The Hall–Kier alpha value is -1.69. The van der Waals surface area contributed by atoms with E-state index in [0.29, 0.717) is 0 Å². The van der Waals surface area contributed by atoms with E-state index in [-0.39, 0.29) is 29.3 Å². The number of amides is 2. The summed E-state index contributed by atoms with van der Waals surface area (Å²) in [6, 6.07) is 3.20. The molecule has 2 amide bonds. The lowest BCUT2D eigenvalue weighted by Gasteiger charge is -2.04. The van der Waals surface area contributed by atoms with Gasteiger partial charge in [0.1, 0.15) is 0 Å². The molecule has 0 saturated heterocycles. The van der Waals surface area contributed by atoms with E-state index in [0.717, 1.165) is 12.8 Å². The van der Waals surface area contributed by atoms with Gasteiger partial charge in [-0.05, 0) is 25.0 Å². The lowest BCUT2D eigenvalue weighted by molar-refractivity contribution is -0.120. The van der Waals surface area contributed by atoms with E-state index in [1.807, 2.05) is 0 Å². The van der Waals surface area contributed by atoms with E-state index < -0.39 is 5.91 Å². The molecule has 0 unspecified atom stereocenters. The molecule has 0 bridgehead atoms. The van der Waals surface area contributed by atoms with Crippen molar-refractivity contribution in [1.29, 1.82) is 0 Å². The highest BCUT2D eigenvalue weighted by Gasteiger charge is 2.23. The Bertz CT molecular complexity index is 430. The van der Waals surface area contributed by atoms with Gasteiger partial charge in [0, 0.05) is 6.04 Å². The van der Waals surface area contributed by atoms with Gasteiger partial charge in [0.25, 0.3) is 5.91 Å². The van der Waals surface area contributed by atoms with Crippen molar-refractivity contribution in [2.45, 2.75) is 18.9 Å². The molecule has 1 aliphatic carbocycles. The number of nitrogens with one attached hydrogen (secondary N) is 2. The Morgan fingerprint density at radius 2 is 2.12 bits per heavy atom. The molecule has 0 aromatic carbocycles. The molecule has 1 aliphatic rings. The third-order valence-corrected chi connectivity index (χ3v) is 2.42. The number of hydrogen-bond donors (Lipinski definition) is 2. The molecule has 6 nitrogen and oxygen atoms in total. The largest absolute Gasteiger partial charge is 0.352 e. The highest BCUT2D eigenvalue weighted by atomic mass is 35.5. The van der Waals surface area contributed by atoms with E-state index in [1.54, 1.807) is 0 Å². The zero-order valence-electron chi connectivity index (χ0n) is 8.94. The van der Waals surface area contributed by atoms with Crippen LogP contribution in [0.15, 0.2) is 12.1 Å². The van der Waals surface area contributed by atoms with Gasteiger partial charge in [0.15, 0.2) is 10.8 Å². The van der Waals surface area contributed by atoms with Gasteiger partial charge in [-0.1, -0.05) is 11.6 Å². The number of aromatic nitrogens is 2. The summed E-state index contributed by atoms with van der Waals surface area (Å²) in [5.74, 6) is -0.636. The molecule has 1 saturated carbocycles. The standard InChI is InChI=1S/C10H11ClN4O2/c11-8-4-3-7(14-15-8)10(17)12-5-9(16)13-6-1-2-6/h3-4,6H,1-2,5H2,(H,12,17)(H,13,16). The summed E-state index contributed by atoms with van der Waals surface area (Å²) in [4.78, 5) is 22.8. The van der Waals surface area contributed by atoms with Crippen LogP contribution >= 0.6 is 11.6 Å². The van der Waals surface area contributed by atoms with E-state index in [4.69, 9.17) is 11.6 Å². The van der Waals surface area contributed by atoms with Gasteiger partial charge in [-0.3, -0.25) is 9.59 Å². The number of hydrogen-bond acceptors (Lipinski definition) is 4. The molecule has 1 aromatic rings. The Labute approximate surface area is 103 Å². The fourth-order valence-corrected chi connectivity index (χ4v) is 1.30. The fourth-order valence-electron chi connectivity index (χ4n) is 1.19. The number of rotatable bonds is 4. The summed E-state index contributed by atoms with van der Waals surface area (Å²) in [6.07, 6.45) is 2.03. The summed E-state index contributed by atoms with van der Waals surface area (Å²) < 4.78 is 0. The molecule has 2 rings (SSSR count). The van der Waals surface area contributed by atoms with E-state index in [9.17, 15) is 9.59 Å². The van der Waals surface area contributed by atoms with Crippen LogP contribution in [0.4, 0.5) is 0 Å². The maximum Gasteiger partial charge on any atom is 0.272 e. The fraction of sp³-hybridized carbons (Fsp3) is 0.400. The van der Waals surface area contributed by atoms with Crippen LogP contribution in [0.2, 0.25) is 5.15 Å². The maximum absolute atomic E-state index is 11.5. The predicted molar refractivity (Wildman–Crippen MR) is 60.5 cm³/mol. The summed E-state index contributed by atoms with van der Waals surface area (Å²) in [5.41, 5.74) is 0.133. The highest BCUT2D eigenvalue weighted by Crippen LogP contribution is 2.18. The van der Waals surface area contributed by atoms with Gasteiger partial charge >= 0.3 is 0 Å². The van der Waals surface area contributed by atoms with Crippen molar-refractivity contribution in [2.75, 3.05) is 6.54 Å². The summed E-state index contributed by atoms with van der Waals surface area (Å²) >= 11 is 5.54. The first-order chi connectivity index (χ1) is 8.15. The van der Waals surface area contributed by atoms with Crippen LogP contribution < -0.4 is 10.6 Å². The van der Waals surface area contributed by atoms with Crippen molar-refractivity contribution >= 4 is 23.4 Å². The van der Waals surface area contributed by atoms with E-state index in [2.05, 4.69) is 20.8 Å². The van der Waals surface area contributed by atoms with Crippen LogP contribution in [0.25, 0.3) is 0 Å². The number of carbonyl (C=O) groups is 2. The monoisotopic (exact) mass is 254 g/mol. The van der Waals surface area contributed by atoms with Crippen LogP contribution in [-0.2, 0) is 4.79 Å². The second kappa shape index (κ2) is 5.09. The summed E-state index contributed by atoms with van der Waals surface area (Å²) in [5, 5.41) is 12.6. The van der Waals surface area contributed by atoms with Gasteiger partial charge in [0.05, 0.1) is 6.54 Å². The van der Waals surface area contributed by atoms with E-state index in [1.165, 1.54) is 12.1 Å². The summed E-state index contributed by atoms with van der Waals surface area (Å²) in [7, 11) is 0. The lowest BCUT2D eigenvalue weighted by atomic mass is 10.3. The molecule has 90 valence electrons. The first-order valence-corrected chi connectivity index (χ1v) is 5.60. The van der Waals surface area contributed by atoms with Crippen LogP contribution in [-0.4, -0.2) is 34.6 Å². The Morgan fingerprint density at radius 3 is 2.71 bits per heavy atom. The molecule has 7 heteroatoms. The minimum atomic E-state index is -0.444. The number of halogens is 1. The smallest absolute Gasteiger partial charge is 0.272 e. The normalized spacial score (nSPS) is 14.2. The van der Waals surface area contributed by atoms with Crippen molar-refractivity contribution in [2.24, 2.45) is 0 Å². The molecular weight excluding hydrogens is 244 g/mol. The van der Waals surface area contributed by atoms with Crippen molar-refractivity contribution in [3.63, 3.8) is 0 Å². The lowest BCUT2D eigenvalue weighted by Crippen LogP contribution is -2.38. The van der Waals surface area contributed by atoms with Crippen LogP contribution in [0, 0.1) is 0 Å². The third kappa shape index (κ3) is 3.67.